The van der Waals surface area contributed by atoms with Gasteiger partial charge < -0.3 is 4.65 Å². The first-order valence-corrected chi connectivity index (χ1v) is 13.6. The zero-order valence-electron chi connectivity index (χ0n) is 14.7. The van der Waals surface area contributed by atoms with Gasteiger partial charge in [0, 0.05) is 5.88 Å². The highest BCUT2D eigenvalue weighted by Gasteiger charge is 2.35. The third kappa shape index (κ3) is 3.96. The normalized spacial score (nSPS) is 13.6. The van der Waals surface area contributed by atoms with Crippen LogP contribution in [0.15, 0.2) is 84.9 Å². The minimum absolute atomic E-state index is 0.546. The molecule has 0 aliphatic rings. The van der Waals surface area contributed by atoms with E-state index >= 15 is 0 Å². The molecule has 0 amide bonds. The van der Waals surface area contributed by atoms with Crippen LogP contribution in [0.5, 0.6) is 0 Å². The van der Waals surface area contributed by atoms with E-state index in [-0.39, 0.29) is 0 Å². The summed E-state index contributed by atoms with van der Waals surface area (Å²) in [6.07, 6.45) is 0. The Balaban J connectivity index is 2.07. The predicted octanol–water partition coefficient (Wildman–Crippen LogP) is 3.23. The fourth-order valence-electron chi connectivity index (χ4n) is 3.33. The smallest absolute Gasteiger partial charge is 0.180 e. The maximum atomic E-state index is 6.28. The molecule has 1 unspecified atom stereocenters. The van der Waals surface area contributed by atoms with E-state index in [1.165, 1.54) is 21.1 Å². The molecule has 1 radical (unpaired) electrons. The molecule has 0 heterocycles. The van der Waals surface area contributed by atoms with E-state index in [2.05, 4.69) is 103 Å². The molecule has 3 aromatic carbocycles. The molecule has 3 rings (SSSR count). The standard InChI is InChI=1S/C21H23ClNSi2/c1-24(19-12-5-3-6-13-19)23-25(2,20-14-7-4-8-15-20)21-16-10-9-11-18(21)17-22/h3-16,23H,17H2,1-2H3. The van der Waals surface area contributed by atoms with E-state index in [0.29, 0.717) is 5.88 Å². The molecule has 1 N–H and O–H groups in total. The van der Waals surface area contributed by atoms with Crippen LogP contribution in [0, 0.1) is 0 Å². The van der Waals surface area contributed by atoms with Crippen molar-refractivity contribution < 1.29 is 0 Å². The lowest BCUT2D eigenvalue weighted by Gasteiger charge is -2.34. The predicted molar refractivity (Wildman–Crippen MR) is 114 cm³/mol. The Morgan fingerprint density at radius 3 is 2.04 bits per heavy atom. The second-order valence-corrected chi connectivity index (χ2v) is 12.9. The van der Waals surface area contributed by atoms with Gasteiger partial charge in [0.15, 0.2) is 17.2 Å². The van der Waals surface area contributed by atoms with Crippen molar-refractivity contribution in [1.29, 1.82) is 0 Å². The third-order valence-corrected chi connectivity index (χ3v) is 12.7. The molecular formula is C21H23ClNSi2. The molecule has 3 aromatic rings. The SMILES string of the molecule is C[Si](N[Si](C)(c1ccccc1)c1ccccc1CCl)c1ccccc1. The van der Waals surface area contributed by atoms with E-state index in [9.17, 15) is 0 Å². The van der Waals surface area contributed by atoms with Crippen molar-refractivity contribution in [3.05, 3.63) is 90.5 Å². The van der Waals surface area contributed by atoms with Gasteiger partial charge in [-0.05, 0) is 27.7 Å². The first-order valence-electron chi connectivity index (χ1n) is 8.52. The van der Waals surface area contributed by atoms with Crippen molar-refractivity contribution in [3.63, 3.8) is 0 Å². The summed E-state index contributed by atoms with van der Waals surface area (Å²) >= 11 is 6.28. The van der Waals surface area contributed by atoms with Gasteiger partial charge in [0.25, 0.3) is 0 Å². The average Bonchev–Trinajstić information content (AvgIpc) is 2.69. The number of alkyl halides is 1. The number of halogens is 1. The Kier molecular flexibility index (Phi) is 5.91. The fraction of sp³-hybridized carbons (Fsp3) is 0.143. The van der Waals surface area contributed by atoms with Crippen molar-refractivity contribution >= 4 is 44.4 Å². The minimum Gasteiger partial charge on any atom is -0.350 e. The van der Waals surface area contributed by atoms with Gasteiger partial charge in [-0.25, -0.2) is 0 Å². The quantitative estimate of drug-likeness (QED) is 0.511. The van der Waals surface area contributed by atoms with Gasteiger partial charge in [-0.15, -0.1) is 11.6 Å². The largest absolute Gasteiger partial charge is 0.350 e. The van der Waals surface area contributed by atoms with Crippen LogP contribution in [0.1, 0.15) is 5.56 Å². The number of hydrogen-bond acceptors (Lipinski definition) is 1. The van der Waals surface area contributed by atoms with Crippen molar-refractivity contribution in [3.8, 4) is 0 Å². The summed E-state index contributed by atoms with van der Waals surface area (Å²) in [6, 6.07) is 30.3. The van der Waals surface area contributed by atoms with Crippen molar-refractivity contribution in [1.82, 2.24) is 4.65 Å². The van der Waals surface area contributed by atoms with Crippen LogP contribution in [0.2, 0.25) is 13.1 Å². The molecule has 1 atom stereocenters. The van der Waals surface area contributed by atoms with Crippen LogP contribution in [-0.2, 0) is 5.88 Å². The molecule has 0 spiro atoms. The molecule has 0 aromatic heterocycles. The van der Waals surface area contributed by atoms with Crippen LogP contribution in [-0.4, -0.2) is 17.2 Å². The van der Waals surface area contributed by atoms with E-state index in [4.69, 9.17) is 11.6 Å². The van der Waals surface area contributed by atoms with Crippen LogP contribution in [0.4, 0.5) is 0 Å². The number of rotatable bonds is 6. The molecule has 0 aliphatic carbocycles. The maximum Gasteiger partial charge on any atom is 0.180 e. The molecule has 0 aliphatic heterocycles. The van der Waals surface area contributed by atoms with E-state index in [1.54, 1.807) is 0 Å². The summed E-state index contributed by atoms with van der Waals surface area (Å²) in [5.41, 5.74) is 1.23. The Morgan fingerprint density at radius 1 is 0.840 bits per heavy atom. The van der Waals surface area contributed by atoms with Gasteiger partial charge in [0.2, 0.25) is 0 Å². The third-order valence-electron chi connectivity index (χ3n) is 4.70. The molecule has 0 bridgehead atoms. The van der Waals surface area contributed by atoms with Crippen LogP contribution in [0.3, 0.4) is 0 Å². The summed E-state index contributed by atoms with van der Waals surface area (Å²) in [5, 5.41) is 4.19. The zero-order chi connectivity index (χ0) is 17.7. The van der Waals surface area contributed by atoms with Gasteiger partial charge >= 0.3 is 0 Å². The van der Waals surface area contributed by atoms with Crippen LogP contribution >= 0.6 is 11.6 Å². The second-order valence-electron chi connectivity index (χ2n) is 6.40. The first kappa shape index (κ1) is 18.1. The Morgan fingerprint density at radius 2 is 1.40 bits per heavy atom. The molecule has 4 heteroatoms. The second kappa shape index (κ2) is 8.15. The van der Waals surface area contributed by atoms with E-state index in [0.717, 1.165) is 0 Å². The molecule has 25 heavy (non-hydrogen) atoms. The van der Waals surface area contributed by atoms with Gasteiger partial charge in [0.05, 0.1) is 0 Å². The number of benzene rings is 3. The highest BCUT2D eigenvalue weighted by atomic mass is 35.5. The van der Waals surface area contributed by atoms with Crippen LogP contribution < -0.4 is 20.2 Å². The summed E-state index contributed by atoms with van der Waals surface area (Å²) in [4.78, 5) is 0. The highest BCUT2D eigenvalue weighted by Crippen LogP contribution is 2.09. The Hall–Kier alpha value is -1.66. The lowest BCUT2D eigenvalue weighted by Crippen LogP contribution is -2.72. The topological polar surface area (TPSA) is 12.0 Å². The fourth-order valence-corrected chi connectivity index (χ4v) is 11.5. The zero-order valence-corrected chi connectivity index (χ0v) is 17.4. The molecule has 0 saturated heterocycles. The van der Waals surface area contributed by atoms with Crippen molar-refractivity contribution in [2.24, 2.45) is 0 Å². The molecular weight excluding hydrogens is 358 g/mol. The van der Waals surface area contributed by atoms with Gasteiger partial charge in [-0.3, -0.25) is 0 Å². The summed E-state index contributed by atoms with van der Waals surface area (Å²) in [7, 11) is -2.98. The van der Waals surface area contributed by atoms with Gasteiger partial charge in [-0.2, -0.15) is 0 Å². The maximum absolute atomic E-state index is 6.28. The molecule has 0 fully saturated rings. The summed E-state index contributed by atoms with van der Waals surface area (Å²) in [6.45, 7) is 4.75. The molecule has 1 nitrogen and oxygen atoms in total. The van der Waals surface area contributed by atoms with E-state index in [1.807, 2.05) is 0 Å². The number of nitrogens with one attached hydrogen (secondary N) is 1. The first-order chi connectivity index (χ1) is 12.1. The summed E-state index contributed by atoms with van der Waals surface area (Å²) in [5.74, 6) is 0.546. The number of hydrogen-bond donors (Lipinski definition) is 1. The average molecular weight is 381 g/mol. The Bertz CT molecular complexity index is 810. The van der Waals surface area contributed by atoms with Crippen LogP contribution in [0.25, 0.3) is 0 Å². The van der Waals surface area contributed by atoms with Crippen molar-refractivity contribution in [2.45, 2.75) is 19.0 Å². The van der Waals surface area contributed by atoms with Crippen molar-refractivity contribution in [2.75, 3.05) is 0 Å². The minimum atomic E-state index is -2.10. The monoisotopic (exact) mass is 380 g/mol. The van der Waals surface area contributed by atoms with Gasteiger partial charge in [-0.1, -0.05) is 91.5 Å². The molecule has 0 saturated carbocycles. The van der Waals surface area contributed by atoms with Gasteiger partial charge in [0.1, 0.15) is 0 Å². The Labute approximate surface area is 158 Å². The lowest BCUT2D eigenvalue weighted by atomic mass is 10.2. The lowest BCUT2D eigenvalue weighted by molar-refractivity contribution is 1.37. The van der Waals surface area contributed by atoms with E-state index < -0.39 is 17.2 Å². The highest BCUT2D eigenvalue weighted by molar-refractivity contribution is 7.05. The molecule has 127 valence electrons. The summed E-state index contributed by atoms with van der Waals surface area (Å²) < 4.78 is 4.10.